The van der Waals surface area contributed by atoms with Crippen molar-refractivity contribution in [1.29, 1.82) is 0 Å². The zero-order valence-corrected chi connectivity index (χ0v) is 10.3. The Hall–Kier alpha value is -0.460. The summed E-state index contributed by atoms with van der Waals surface area (Å²) in [5.74, 6) is 0. The van der Waals surface area contributed by atoms with Crippen LogP contribution in [0.5, 0.6) is 0 Å². The fraction of sp³-hybridized carbons (Fsp3) is 0.833. The molecule has 98 valence electrons. The highest BCUT2D eigenvalue weighted by atomic mass is 16.9. The van der Waals surface area contributed by atoms with Crippen LogP contribution in [0.4, 0.5) is 0 Å². The second-order valence-electron chi connectivity index (χ2n) is 4.54. The third kappa shape index (κ3) is 2.26. The summed E-state index contributed by atoms with van der Waals surface area (Å²) >= 11 is 0. The first kappa shape index (κ1) is 13.0. The van der Waals surface area contributed by atoms with E-state index in [4.69, 9.17) is 18.9 Å². The van der Waals surface area contributed by atoms with Crippen molar-refractivity contribution < 1.29 is 24.1 Å². The van der Waals surface area contributed by atoms with E-state index in [1.807, 2.05) is 13.8 Å². The molecule has 0 atom stereocenters. The normalized spacial score (nSPS) is 39.9. The topological polar surface area (TPSA) is 57.2 Å². The van der Waals surface area contributed by atoms with Gasteiger partial charge in [0.05, 0.1) is 5.41 Å². The third-order valence-electron chi connectivity index (χ3n) is 3.30. The number of hydrogen-bond acceptors (Lipinski definition) is 5. The second-order valence-corrected chi connectivity index (χ2v) is 4.54. The zero-order chi connectivity index (χ0) is 12.5. The molecule has 0 radical (unpaired) electrons. The van der Waals surface area contributed by atoms with Crippen LogP contribution >= 0.6 is 0 Å². The van der Waals surface area contributed by atoms with Gasteiger partial charge in [0.15, 0.2) is 25.2 Å². The Morgan fingerprint density at radius 3 is 1.88 bits per heavy atom. The summed E-state index contributed by atoms with van der Waals surface area (Å²) in [6.45, 7) is 7.44. The predicted molar refractivity (Wildman–Crippen MR) is 59.8 cm³/mol. The highest BCUT2D eigenvalue weighted by molar-refractivity contribution is 4.96. The van der Waals surface area contributed by atoms with Crippen molar-refractivity contribution in [3.63, 3.8) is 0 Å². The Bertz CT molecular complexity index is 250. The van der Waals surface area contributed by atoms with Crippen molar-refractivity contribution in [2.24, 2.45) is 5.41 Å². The fourth-order valence-corrected chi connectivity index (χ4v) is 2.38. The van der Waals surface area contributed by atoms with E-state index in [9.17, 15) is 5.11 Å². The molecule has 0 aromatic rings. The van der Waals surface area contributed by atoms with Crippen LogP contribution in [0.3, 0.4) is 0 Å². The first-order valence-electron chi connectivity index (χ1n) is 5.96. The average Bonchev–Trinajstić information content (AvgIpc) is 2.20. The van der Waals surface area contributed by atoms with Gasteiger partial charge in [0.2, 0.25) is 0 Å². The van der Waals surface area contributed by atoms with Gasteiger partial charge in [0, 0.05) is 6.61 Å². The molecule has 17 heavy (non-hydrogen) atoms. The molecule has 5 nitrogen and oxygen atoms in total. The molecule has 2 aliphatic heterocycles. The summed E-state index contributed by atoms with van der Waals surface area (Å²) in [5.41, 5.74) is -0.504. The van der Waals surface area contributed by atoms with Gasteiger partial charge in [-0.05, 0) is 26.7 Å². The molecule has 0 aliphatic carbocycles. The Morgan fingerprint density at radius 1 is 1.12 bits per heavy atom. The fourth-order valence-electron chi connectivity index (χ4n) is 2.38. The highest BCUT2D eigenvalue weighted by Gasteiger charge is 2.56. The van der Waals surface area contributed by atoms with Gasteiger partial charge in [-0.2, -0.15) is 0 Å². The van der Waals surface area contributed by atoms with E-state index in [-0.39, 0.29) is 19.2 Å². The van der Waals surface area contributed by atoms with E-state index < -0.39 is 18.0 Å². The Labute approximate surface area is 101 Å². The van der Waals surface area contributed by atoms with E-state index in [0.29, 0.717) is 12.8 Å². The van der Waals surface area contributed by atoms with E-state index in [1.165, 1.54) is 0 Å². The molecule has 2 fully saturated rings. The van der Waals surface area contributed by atoms with Gasteiger partial charge in [-0.3, -0.25) is 0 Å². The maximum Gasteiger partial charge on any atom is 0.174 e. The van der Waals surface area contributed by atoms with Crippen LogP contribution in [-0.4, -0.2) is 36.9 Å². The first-order chi connectivity index (χ1) is 8.12. The summed E-state index contributed by atoms with van der Waals surface area (Å²) in [6, 6.07) is 0. The largest absolute Gasteiger partial charge is 0.396 e. The van der Waals surface area contributed by atoms with Crippen LogP contribution in [0.1, 0.15) is 26.7 Å². The molecule has 5 heteroatoms. The van der Waals surface area contributed by atoms with Crippen LogP contribution in [0, 0.1) is 5.41 Å². The van der Waals surface area contributed by atoms with Crippen LogP contribution in [0.2, 0.25) is 0 Å². The van der Waals surface area contributed by atoms with Crippen LogP contribution < -0.4 is 0 Å². The van der Waals surface area contributed by atoms with Crippen molar-refractivity contribution >= 4 is 0 Å². The Morgan fingerprint density at radius 2 is 1.59 bits per heavy atom. The Balaban J connectivity index is 2.10. The summed E-state index contributed by atoms with van der Waals surface area (Å²) in [6.07, 6.45) is 1.66. The third-order valence-corrected chi connectivity index (χ3v) is 3.30. The molecule has 0 amide bonds. The van der Waals surface area contributed by atoms with Crippen molar-refractivity contribution in [1.82, 2.24) is 0 Å². The van der Waals surface area contributed by atoms with Gasteiger partial charge in [-0.15, -0.1) is 6.58 Å². The van der Waals surface area contributed by atoms with Gasteiger partial charge in [-0.25, -0.2) is 0 Å². The maximum atomic E-state index is 9.24. The number of aliphatic hydroxyl groups excluding tert-OH is 1. The molecule has 0 saturated carbocycles. The van der Waals surface area contributed by atoms with E-state index in [2.05, 4.69) is 6.58 Å². The van der Waals surface area contributed by atoms with Gasteiger partial charge in [0.1, 0.15) is 0 Å². The van der Waals surface area contributed by atoms with Crippen LogP contribution in [-0.2, 0) is 18.9 Å². The van der Waals surface area contributed by atoms with Crippen LogP contribution in [0.15, 0.2) is 12.7 Å². The Kier molecular flexibility index (Phi) is 3.85. The molecule has 0 bridgehead atoms. The van der Waals surface area contributed by atoms with E-state index in [1.54, 1.807) is 6.08 Å². The van der Waals surface area contributed by atoms with Gasteiger partial charge in [-0.1, -0.05) is 6.08 Å². The van der Waals surface area contributed by atoms with Crippen molar-refractivity contribution in [3.8, 4) is 0 Å². The lowest BCUT2D eigenvalue weighted by molar-refractivity contribution is -0.482. The lowest BCUT2D eigenvalue weighted by atomic mass is 9.78. The summed E-state index contributed by atoms with van der Waals surface area (Å²) in [4.78, 5) is 0. The minimum Gasteiger partial charge on any atom is -0.396 e. The minimum absolute atomic E-state index is 0.0308. The standard InChI is InChI=1S/C12H20O5/c1-4-5-12(6-7-13,10-14-8(2)15-10)11-16-9(3)17-11/h4,8-11,13H,1,5-7H2,2-3H3. The highest BCUT2D eigenvalue weighted by Crippen LogP contribution is 2.47. The molecular formula is C12H20O5. The molecule has 0 unspecified atom stereocenters. The van der Waals surface area contributed by atoms with Gasteiger partial charge in [0.25, 0.3) is 0 Å². The van der Waals surface area contributed by atoms with Crippen molar-refractivity contribution in [2.75, 3.05) is 6.61 Å². The lowest BCUT2D eigenvalue weighted by Crippen LogP contribution is -2.62. The van der Waals surface area contributed by atoms with Crippen molar-refractivity contribution in [2.45, 2.75) is 51.8 Å². The maximum absolute atomic E-state index is 9.24. The quantitative estimate of drug-likeness (QED) is 0.715. The molecule has 0 aromatic heterocycles. The molecule has 0 aromatic carbocycles. The summed E-state index contributed by atoms with van der Waals surface area (Å²) in [5, 5.41) is 9.24. The number of ether oxygens (including phenoxy) is 4. The number of aliphatic hydroxyl groups is 1. The molecular weight excluding hydrogens is 224 g/mol. The van der Waals surface area contributed by atoms with E-state index >= 15 is 0 Å². The first-order valence-corrected chi connectivity index (χ1v) is 5.96. The van der Waals surface area contributed by atoms with Crippen molar-refractivity contribution in [3.05, 3.63) is 12.7 Å². The number of rotatable bonds is 6. The average molecular weight is 244 g/mol. The molecule has 2 aliphatic rings. The monoisotopic (exact) mass is 244 g/mol. The van der Waals surface area contributed by atoms with Gasteiger partial charge < -0.3 is 24.1 Å². The van der Waals surface area contributed by atoms with Gasteiger partial charge >= 0.3 is 0 Å². The second kappa shape index (κ2) is 5.04. The summed E-state index contributed by atoms with van der Waals surface area (Å²) < 4.78 is 22.2. The van der Waals surface area contributed by atoms with Crippen LogP contribution in [0.25, 0.3) is 0 Å². The van der Waals surface area contributed by atoms with E-state index in [0.717, 1.165) is 0 Å². The smallest absolute Gasteiger partial charge is 0.174 e. The minimum atomic E-state index is -0.504. The molecule has 2 rings (SSSR count). The lowest BCUT2D eigenvalue weighted by Gasteiger charge is -2.53. The predicted octanol–water partition coefficient (Wildman–Crippen LogP) is 1.37. The number of hydrogen-bond donors (Lipinski definition) is 1. The molecule has 2 heterocycles. The zero-order valence-electron chi connectivity index (χ0n) is 10.3. The SMILES string of the molecule is C=CCC(CCO)(C1OC(C)O1)C1OC(C)O1. The molecule has 2 saturated heterocycles. The molecule has 0 spiro atoms. The number of allylic oxidation sites excluding steroid dienone is 1. The molecule has 1 N–H and O–H groups in total. The summed E-state index contributed by atoms with van der Waals surface area (Å²) in [7, 11) is 0.